The average molecular weight is 215 g/mol. The molecule has 0 unspecified atom stereocenters. The fourth-order valence-corrected chi connectivity index (χ4v) is 1.53. The predicted octanol–water partition coefficient (Wildman–Crippen LogP) is 2.62. The summed E-state index contributed by atoms with van der Waals surface area (Å²) in [6.07, 6.45) is 1.74. The van der Waals surface area contributed by atoms with Gasteiger partial charge in [0, 0.05) is 6.92 Å². The number of ether oxygens (including phenoxy) is 1. The quantitative estimate of drug-likeness (QED) is 0.533. The highest BCUT2D eigenvalue weighted by Crippen LogP contribution is 2.17. The van der Waals surface area contributed by atoms with Crippen molar-refractivity contribution in [1.82, 2.24) is 0 Å². The molecule has 0 fully saturated rings. The van der Waals surface area contributed by atoms with Crippen molar-refractivity contribution in [3.63, 3.8) is 0 Å². The first-order chi connectivity index (χ1) is 7.56. The van der Waals surface area contributed by atoms with E-state index in [-0.39, 0.29) is 5.97 Å². The molecule has 0 bridgehead atoms. The Bertz CT molecular complexity index is 513. The van der Waals surface area contributed by atoms with Gasteiger partial charge < -0.3 is 4.74 Å². The van der Waals surface area contributed by atoms with Crippen LogP contribution in [0.25, 0.3) is 6.08 Å². The Labute approximate surface area is 94.5 Å². The summed E-state index contributed by atoms with van der Waals surface area (Å²) < 4.78 is 4.84. The summed E-state index contributed by atoms with van der Waals surface area (Å²) in [7, 11) is 0. The summed E-state index contributed by atoms with van der Waals surface area (Å²) in [6, 6.07) is 6.02. The minimum Gasteiger partial charge on any atom is -0.407 e. The molecule has 0 radical (unpaired) electrons. The molecule has 82 valence electrons. The molecule has 1 aliphatic heterocycles. The van der Waals surface area contributed by atoms with Gasteiger partial charge in [-0.2, -0.15) is 0 Å². The summed E-state index contributed by atoms with van der Waals surface area (Å²) in [5.41, 5.74) is 3.76. The van der Waals surface area contributed by atoms with Gasteiger partial charge in [-0.1, -0.05) is 18.2 Å². The lowest BCUT2D eigenvalue weighted by Crippen LogP contribution is -1.99. The standard InChI is InChI=1S/C13H13NO2/c1-8-4-5-11(6-9(8)2)7-12-13(15)16-10(3)14-12/h4-7H,1-3H3/b12-7+. The molecule has 0 atom stereocenters. The van der Waals surface area contributed by atoms with Gasteiger partial charge in [-0.25, -0.2) is 9.79 Å². The number of rotatable bonds is 1. The monoisotopic (exact) mass is 215 g/mol. The Morgan fingerprint density at radius 1 is 1.19 bits per heavy atom. The maximum Gasteiger partial charge on any atom is 0.363 e. The summed E-state index contributed by atoms with van der Waals surface area (Å²) in [4.78, 5) is 15.4. The van der Waals surface area contributed by atoms with E-state index >= 15 is 0 Å². The Morgan fingerprint density at radius 2 is 1.94 bits per heavy atom. The molecule has 3 heteroatoms. The van der Waals surface area contributed by atoms with Crippen LogP contribution < -0.4 is 0 Å². The number of carbonyl (C=O) groups excluding carboxylic acids is 1. The molecule has 0 amide bonds. The lowest BCUT2D eigenvalue weighted by molar-refractivity contribution is -0.130. The van der Waals surface area contributed by atoms with Crippen LogP contribution in [0.15, 0.2) is 28.9 Å². The lowest BCUT2D eigenvalue weighted by atomic mass is 10.1. The van der Waals surface area contributed by atoms with Crippen LogP contribution in [0.5, 0.6) is 0 Å². The van der Waals surface area contributed by atoms with Crippen molar-refractivity contribution in [2.24, 2.45) is 4.99 Å². The highest BCUT2D eigenvalue weighted by atomic mass is 16.6. The third-order valence-electron chi connectivity index (χ3n) is 2.56. The van der Waals surface area contributed by atoms with E-state index in [1.165, 1.54) is 11.1 Å². The molecule has 0 aliphatic carbocycles. The normalized spacial score (nSPS) is 17.6. The van der Waals surface area contributed by atoms with Gasteiger partial charge in [0.15, 0.2) is 11.6 Å². The zero-order valence-electron chi connectivity index (χ0n) is 9.57. The Morgan fingerprint density at radius 3 is 2.50 bits per heavy atom. The molecule has 0 saturated carbocycles. The largest absolute Gasteiger partial charge is 0.407 e. The van der Waals surface area contributed by atoms with Gasteiger partial charge in [0.25, 0.3) is 0 Å². The van der Waals surface area contributed by atoms with Crippen LogP contribution in [0.2, 0.25) is 0 Å². The van der Waals surface area contributed by atoms with Gasteiger partial charge >= 0.3 is 5.97 Å². The number of hydrogen-bond acceptors (Lipinski definition) is 3. The van der Waals surface area contributed by atoms with Crippen LogP contribution in [0.1, 0.15) is 23.6 Å². The third kappa shape index (κ3) is 2.03. The third-order valence-corrected chi connectivity index (χ3v) is 2.56. The highest BCUT2D eigenvalue weighted by Gasteiger charge is 2.19. The zero-order valence-corrected chi connectivity index (χ0v) is 9.57. The Balaban J connectivity index is 2.36. The van der Waals surface area contributed by atoms with E-state index in [0.717, 1.165) is 5.56 Å². The first-order valence-electron chi connectivity index (χ1n) is 5.12. The second-order valence-corrected chi connectivity index (χ2v) is 3.89. The summed E-state index contributed by atoms with van der Waals surface area (Å²) in [5, 5.41) is 0. The van der Waals surface area contributed by atoms with Crippen molar-refractivity contribution in [3.05, 3.63) is 40.6 Å². The second kappa shape index (κ2) is 3.93. The molecule has 0 spiro atoms. The molecule has 16 heavy (non-hydrogen) atoms. The van der Waals surface area contributed by atoms with Crippen molar-refractivity contribution in [1.29, 1.82) is 0 Å². The second-order valence-electron chi connectivity index (χ2n) is 3.89. The van der Waals surface area contributed by atoms with Gasteiger partial charge in [-0.3, -0.25) is 0 Å². The number of nitrogens with zero attached hydrogens (tertiary/aromatic N) is 1. The number of cyclic esters (lactones) is 1. The zero-order chi connectivity index (χ0) is 11.7. The SMILES string of the molecule is CC1=N/C(=C/c2ccc(C)c(C)c2)C(=O)O1. The van der Waals surface area contributed by atoms with Crippen molar-refractivity contribution in [2.45, 2.75) is 20.8 Å². The average Bonchev–Trinajstić information content (AvgIpc) is 2.51. The summed E-state index contributed by atoms with van der Waals surface area (Å²) in [5.74, 6) is 0.0239. The molecule has 0 aromatic heterocycles. The summed E-state index contributed by atoms with van der Waals surface area (Å²) in [6.45, 7) is 5.76. The van der Waals surface area contributed by atoms with Gasteiger partial charge in [0.1, 0.15) is 0 Å². The van der Waals surface area contributed by atoms with E-state index in [2.05, 4.69) is 11.9 Å². The molecule has 1 aromatic carbocycles. The Hall–Kier alpha value is -1.90. The van der Waals surface area contributed by atoms with Crippen LogP contribution in [-0.4, -0.2) is 11.9 Å². The minimum atomic E-state index is -0.379. The number of benzene rings is 1. The topological polar surface area (TPSA) is 38.7 Å². The van der Waals surface area contributed by atoms with Gasteiger partial charge in [-0.05, 0) is 36.6 Å². The van der Waals surface area contributed by atoms with E-state index in [1.54, 1.807) is 13.0 Å². The molecule has 0 N–H and O–H groups in total. The molecular formula is C13H13NO2. The number of esters is 1. The van der Waals surface area contributed by atoms with Crippen LogP contribution in [0.4, 0.5) is 0 Å². The predicted molar refractivity (Wildman–Crippen MR) is 63.1 cm³/mol. The molecule has 1 heterocycles. The highest BCUT2D eigenvalue weighted by molar-refractivity contribution is 6.06. The fraction of sp³-hybridized carbons (Fsp3) is 0.231. The van der Waals surface area contributed by atoms with Crippen LogP contribution in [0, 0.1) is 13.8 Å². The molecule has 2 rings (SSSR count). The van der Waals surface area contributed by atoms with Crippen molar-refractivity contribution in [2.75, 3.05) is 0 Å². The Kier molecular flexibility index (Phi) is 2.60. The van der Waals surface area contributed by atoms with Crippen LogP contribution >= 0.6 is 0 Å². The van der Waals surface area contributed by atoms with Gasteiger partial charge in [0.05, 0.1) is 0 Å². The number of aryl methyl sites for hydroxylation is 2. The smallest absolute Gasteiger partial charge is 0.363 e. The number of hydrogen-bond donors (Lipinski definition) is 0. The van der Waals surface area contributed by atoms with Gasteiger partial charge in [0.2, 0.25) is 0 Å². The molecule has 1 aromatic rings. The van der Waals surface area contributed by atoms with E-state index in [1.807, 2.05) is 25.1 Å². The summed E-state index contributed by atoms with van der Waals surface area (Å²) >= 11 is 0. The molecule has 3 nitrogen and oxygen atoms in total. The first kappa shape index (κ1) is 10.6. The fourth-order valence-electron chi connectivity index (χ4n) is 1.53. The first-order valence-corrected chi connectivity index (χ1v) is 5.12. The van der Waals surface area contributed by atoms with E-state index in [9.17, 15) is 4.79 Å². The molecule has 1 aliphatic rings. The van der Waals surface area contributed by atoms with Gasteiger partial charge in [-0.15, -0.1) is 0 Å². The lowest BCUT2D eigenvalue weighted by Gasteiger charge is -2.00. The minimum absolute atomic E-state index is 0.362. The maximum atomic E-state index is 11.3. The van der Waals surface area contributed by atoms with Crippen LogP contribution in [-0.2, 0) is 9.53 Å². The molecule has 0 saturated heterocycles. The van der Waals surface area contributed by atoms with Crippen molar-refractivity contribution < 1.29 is 9.53 Å². The van der Waals surface area contributed by atoms with Crippen molar-refractivity contribution in [3.8, 4) is 0 Å². The number of aliphatic imine (C=N–C) groups is 1. The van der Waals surface area contributed by atoms with Crippen molar-refractivity contribution >= 4 is 17.9 Å². The number of carbonyl (C=O) groups is 1. The van der Waals surface area contributed by atoms with E-state index in [4.69, 9.17) is 4.74 Å². The maximum absolute atomic E-state index is 11.3. The van der Waals surface area contributed by atoms with E-state index < -0.39 is 0 Å². The van der Waals surface area contributed by atoms with E-state index in [0.29, 0.717) is 11.6 Å². The van der Waals surface area contributed by atoms with Crippen LogP contribution in [0.3, 0.4) is 0 Å². The molecular weight excluding hydrogens is 202 g/mol.